The van der Waals surface area contributed by atoms with Crippen LogP contribution < -0.4 is 9.47 Å². The molecule has 0 bridgehead atoms. The van der Waals surface area contributed by atoms with Gasteiger partial charge in [0.05, 0.1) is 30.9 Å². The summed E-state index contributed by atoms with van der Waals surface area (Å²) in [5.74, 6) is -1.78. The van der Waals surface area contributed by atoms with Crippen molar-refractivity contribution < 1.29 is 33.7 Å². The first-order valence-corrected chi connectivity index (χ1v) is 11.2. The van der Waals surface area contributed by atoms with Crippen LogP contribution in [0.15, 0.2) is 48.0 Å². The Bertz CT molecular complexity index is 1180. The minimum absolute atomic E-state index is 0.0737. The van der Waals surface area contributed by atoms with Gasteiger partial charge in [-0.1, -0.05) is 39.0 Å². The molecule has 1 saturated heterocycles. The molecule has 3 rings (SSSR count). The number of ether oxygens (including phenoxy) is 3. The van der Waals surface area contributed by atoms with Crippen molar-refractivity contribution in [2.45, 2.75) is 39.2 Å². The van der Waals surface area contributed by atoms with E-state index in [1.807, 2.05) is 26.8 Å². The lowest BCUT2D eigenvalue weighted by molar-refractivity contribution is -0.140. The van der Waals surface area contributed by atoms with Crippen LogP contribution in [-0.2, 0) is 24.5 Å². The Morgan fingerprint density at radius 3 is 2.40 bits per heavy atom. The number of ketones is 1. The third-order valence-corrected chi connectivity index (χ3v) is 5.83. The zero-order valence-corrected chi connectivity index (χ0v) is 20.9. The Labute approximate surface area is 205 Å². The normalized spacial score (nSPS) is 17.5. The summed E-state index contributed by atoms with van der Waals surface area (Å²) in [4.78, 5) is 39.1. The van der Waals surface area contributed by atoms with Gasteiger partial charge in [0, 0.05) is 20.6 Å². The molecular weight excluding hydrogens is 450 g/mol. The van der Waals surface area contributed by atoms with Gasteiger partial charge in [0.25, 0.3) is 11.7 Å². The van der Waals surface area contributed by atoms with Gasteiger partial charge in [-0.2, -0.15) is 0 Å². The molecule has 1 amide bonds. The molecule has 1 unspecified atom stereocenters. The van der Waals surface area contributed by atoms with Crippen LogP contribution in [0, 0.1) is 0 Å². The highest BCUT2D eigenvalue weighted by atomic mass is 16.5. The molecule has 1 fully saturated rings. The zero-order valence-electron chi connectivity index (χ0n) is 20.9. The van der Waals surface area contributed by atoms with Crippen molar-refractivity contribution in [1.29, 1.82) is 0 Å². The van der Waals surface area contributed by atoms with Crippen LogP contribution >= 0.6 is 0 Å². The van der Waals surface area contributed by atoms with Crippen LogP contribution in [0.5, 0.6) is 11.5 Å². The molecule has 0 aliphatic carbocycles. The van der Waals surface area contributed by atoms with E-state index in [0.29, 0.717) is 16.9 Å². The Kier molecular flexibility index (Phi) is 7.65. The number of carbonyl (C=O) groups excluding carboxylic acids is 3. The highest BCUT2D eigenvalue weighted by Crippen LogP contribution is 2.42. The first-order chi connectivity index (χ1) is 16.5. The molecular formula is C27H31NO7. The van der Waals surface area contributed by atoms with Crippen molar-refractivity contribution in [2.24, 2.45) is 0 Å². The molecule has 0 spiro atoms. The van der Waals surface area contributed by atoms with Crippen LogP contribution in [0.25, 0.3) is 5.76 Å². The number of nitrogens with zero attached hydrogens (tertiary/aromatic N) is 1. The second-order valence-electron chi connectivity index (χ2n) is 9.32. The van der Waals surface area contributed by atoms with E-state index < -0.39 is 23.7 Å². The van der Waals surface area contributed by atoms with E-state index in [1.165, 1.54) is 26.0 Å². The van der Waals surface area contributed by atoms with Gasteiger partial charge in [0.15, 0.2) is 0 Å². The number of hydrogen-bond donors (Lipinski definition) is 1. The number of benzene rings is 2. The first kappa shape index (κ1) is 26.0. The SMILES string of the molecule is COCCN1C(=O)C(=O)/C(=C(/O)c2cc(C(C)(C)C)ccc2OC)C1c1cccc(OC(C)=O)c1. The van der Waals surface area contributed by atoms with E-state index in [2.05, 4.69) is 0 Å². The molecule has 35 heavy (non-hydrogen) atoms. The van der Waals surface area contributed by atoms with Gasteiger partial charge in [0.2, 0.25) is 0 Å². The lowest BCUT2D eigenvalue weighted by atomic mass is 9.85. The average Bonchev–Trinajstić information content (AvgIpc) is 3.05. The maximum atomic E-state index is 13.2. The van der Waals surface area contributed by atoms with Crippen molar-refractivity contribution in [1.82, 2.24) is 4.90 Å². The van der Waals surface area contributed by atoms with Crippen molar-refractivity contribution in [3.63, 3.8) is 0 Å². The lowest BCUT2D eigenvalue weighted by Gasteiger charge is -2.26. The Morgan fingerprint density at radius 2 is 1.80 bits per heavy atom. The van der Waals surface area contributed by atoms with Gasteiger partial charge in [-0.3, -0.25) is 14.4 Å². The summed E-state index contributed by atoms with van der Waals surface area (Å²) < 4.78 is 15.8. The van der Waals surface area contributed by atoms with Crippen molar-refractivity contribution in [3.05, 3.63) is 64.7 Å². The number of aliphatic hydroxyl groups is 1. The summed E-state index contributed by atoms with van der Waals surface area (Å²) in [6, 6.07) is 11.0. The number of carbonyl (C=O) groups is 3. The largest absolute Gasteiger partial charge is 0.507 e. The first-order valence-electron chi connectivity index (χ1n) is 11.2. The highest BCUT2D eigenvalue weighted by molar-refractivity contribution is 6.46. The summed E-state index contributed by atoms with van der Waals surface area (Å²) in [6.07, 6.45) is 0. The summed E-state index contributed by atoms with van der Waals surface area (Å²) in [6.45, 7) is 7.69. The highest BCUT2D eigenvalue weighted by Gasteiger charge is 2.46. The number of esters is 1. The predicted octanol–water partition coefficient (Wildman–Crippen LogP) is 3.99. The number of Topliss-reactive ketones (excluding diaryl/α,β-unsaturated/α-hetero) is 1. The van der Waals surface area contributed by atoms with Crippen molar-refractivity contribution in [3.8, 4) is 11.5 Å². The maximum Gasteiger partial charge on any atom is 0.308 e. The third kappa shape index (κ3) is 5.38. The molecule has 0 aromatic heterocycles. The summed E-state index contributed by atoms with van der Waals surface area (Å²) in [5.41, 5.74) is 1.43. The van der Waals surface area contributed by atoms with Gasteiger partial charge in [-0.25, -0.2) is 0 Å². The fraction of sp³-hybridized carbons (Fsp3) is 0.370. The minimum atomic E-state index is -0.913. The topological polar surface area (TPSA) is 102 Å². The predicted molar refractivity (Wildman–Crippen MR) is 130 cm³/mol. The molecule has 8 heteroatoms. The monoisotopic (exact) mass is 481 g/mol. The fourth-order valence-electron chi connectivity index (χ4n) is 4.07. The second-order valence-corrected chi connectivity index (χ2v) is 9.32. The molecule has 186 valence electrons. The molecule has 2 aromatic rings. The lowest BCUT2D eigenvalue weighted by Crippen LogP contribution is -2.32. The van der Waals surface area contributed by atoms with Crippen LogP contribution in [0.3, 0.4) is 0 Å². The van der Waals surface area contributed by atoms with Gasteiger partial charge < -0.3 is 24.2 Å². The number of methoxy groups -OCH3 is 2. The standard InChI is InChI=1S/C27H31NO7/c1-16(29)35-19-9-7-8-17(14-19)23-22(25(31)26(32)28(23)12-13-33-5)24(30)20-15-18(27(2,3)4)10-11-21(20)34-6/h7-11,14-15,23,30H,12-13H2,1-6H3/b24-22+. The van der Waals surface area contributed by atoms with Crippen LogP contribution in [0.2, 0.25) is 0 Å². The Hall–Kier alpha value is -3.65. The van der Waals surface area contributed by atoms with Crippen LogP contribution in [-0.4, -0.2) is 55.0 Å². The molecule has 1 aliphatic rings. The molecule has 1 N–H and O–H groups in total. The summed E-state index contributed by atoms with van der Waals surface area (Å²) in [5, 5.41) is 11.5. The van der Waals surface area contributed by atoms with Crippen LogP contribution in [0.1, 0.15) is 50.4 Å². The molecule has 8 nitrogen and oxygen atoms in total. The third-order valence-electron chi connectivity index (χ3n) is 5.83. The van der Waals surface area contributed by atoms with E-state index in [0.717, 1.165) is 5.56 Å². The van der Waals surface area contributed by atoms with Gasteiger partial charge >= 0.3 is 5.97 Å². The van der Waals surface area contributed by atoms with E-state index in [9.17, 15) is 19.5 Å². The quantitative estimate of drug-likeness (QED) is 0.210. The second kappa shape index (κ2) is 10.3. The van der Waals surface area contributed by atoms with Crippen molar-refractivity contribution in [2.75, 3.05) is 27.4 Å². The maximum absolute atomic E-state index is 13.2. The van der Waals surface area contributed by atoms with E-state index >= 15 is 0 Å². The van der Waals surface area contributed by atoms with E-state index in [1.54, 1.807) is 36.4 Å². The number of likely N-dealkylation sites (tertiary alicyclic amines) is 1. The molecule has 1 heterocycles. The number of amides is 1. The van der Waals surface area contributed by atoms with Gasteiger partial charge in [-0.15, -0.1) is 0 Å². The number of hydrogen-bond acceptors (Lipinski definition) is 7. The molecule has 0 radical (unpaired) electrons. The molecule has 0 saturated carbocycles. The molecule has 2 aromatic carbocycles. The summed E-state index contributed by atoms with van der Waals surface area (Å²) in [7, 11) is 2.97. The molecule has 1 atom stereocenters. The average molecular weight is 482 g/mol. The summed E-state index contributed by atoms with van der Waals surface area (Å²) >= 11 is 0. The number of aliphatic hydroxyl groups excluding tert-OH is 1. The van der Waals surface area contributed by atoms with E-state index in [-0.39, 0.29) is 35.6 Å². The zero-order chi connectivity index (χ0) is 25.9. The Balaban J connectivity index is 2.26. The Morgan fingerprint density at radius 1 is 1.09 bits per heavy atom. The molecule has 1 aliphatic heterocycles. The van der Waals surface area contributed by atoms with Crippen molar-refractivity contribution >= 4 is 23.4 Å². The van der Waals surface area contributed by atoms with E-state index in [4.69, 9.17) is 14.2 Å². The minimum Gasteiger partial charge on any atom is -0.507 e. The smallest absolute Gasteiger partial charge is 0.308 e. The fourth-order valence-corrected chi connectivity index (χ4v) is 4.07. The van der Waals surface area contributed by atoms with Gasteiger partial charge in [0.1, 0.15) is 17.3 Å². The number of rotatable bonds is 7. The van der Waals surface area contributed by atoms with Gasteiger partial charge in [-0.05, 0) is 40.8 Å². The van der Waals surface area contributed by atoms with Crippen LogP contribution in [0.4, 0.5) is 0 Å².